The summed E-state index contributed by atoms with van der Waals surface area (Å²) in [6.45, 7) is 7.31. The quantitative estimate of drug-likeness (QED) is 0.879. The van der Waals surface area contributed by atoms with Gasteiger partial charge in [-0.25, -0.2) is 4.98 Å². The molecule has 0 saturated carbocycles. The van der Waals surface area contributed by atoms with Gasteiger partial charge in [-0.3, -0.25) is 4.98 Å². The molecule has 0 fully saturated rings. The summed E-state index contributed by atoms with van der Waals surface area (Å²) < 4.78 is 2.19. The van der Waals surface area contributed by atoms with E-state index in [9.17, 15) is 0 Å². The molecule has 1 N–H and O–H groups in total. The van der Waals surface area contributed by atoms with Crippen LogP contribution in [0.25, 0.3) is 0 Å². The molecule has 2 aromatic heterocycles. The highest BCUT2D eigenvalue weighted by molar-refractivity contribution is 5.14. The molecule has 2 heterocycles. The molecule has 0 amide bonds. The molecule has 4 nitrogen and oxygen atoms in total. The van der Waals surface area contributed by atoms with Gasteiger partial charge in [-0.05, 0) is 38.5 Å². The Morgan fingerprint density at radius 3 is 2.56 bits per heavy atom. The number of nitrogens with one attached hydrogen (secondary N) is 1. The summed E-state index contributed by atoms with van der Waals surface area (Å²) in [6.07, 6.45) is 7.46. The Balaban J connectivity index is 1.97. The number of hydrogen-bond donors (Lipinski definition) is 1. The van der Waals surface area contributed by atoms with Crippen LogP contribution in [0, 0.1) is 0 Å². The van der Waals surface area contributed by atoms with Crippen LogP contribution in [0.15, 0.2) is 37.1 Å². The van der Waals surface area contributed by atoms with E-state index < -0.39 is 0 Å². The number of pyridine rings is 1. The van der Waals surface area contributed by atoms with Crippen molar-refractivity contribution >= 4 is 0 Å². The van der Waals surface area contributed by atoms with Gasteiger partial charge in [0.25, 0.3) is 0 Å². The maximum atomic E-state index is 4.21. The minimum atomic E-state index is 0.309. The largest absolute Gasteiger partial charge is 0.331 e. The topological polar surface area (TPSA) is 42.7 Å². The molecular weight excluding hydrogens is 224 g/mol. The highest BCUT2D eigenvalue weighted by atomic mass is 15.1. The first-order valence-corrected chi connectivity index (χ1v) is 6.32. The Bertz CT molecular complexity index is 476. The predicted molar refractivity (Wildman–Crippen MR) is 72.1 cm³/mol. The molecule has 0 spiro atoms. The van der Waals surface area contributed by atoms with Crippen LogP contribution in [-0.4, -0.2) is 14.5 Å². The molecule has 96 valence electrons. The second-order valence-electron chi connectivity index (χ2n) is 4.77. The third-order valence-corrected chi connectivity index (χ3v) is 3.10. The minimum absolute atomic E-state index is 0.309. The monoisotopic (exact) mass is 244 g/mol. The van der Waals surface area contributed by atoms with E-state index in [2.05, 4.69) is 40.6 Å². The van der Waals surface area contributed by atoms with Gasteiger partial charge in [0, 0.05) is 37.2 Å². The zero-order chi connectivity index (χ0) is 13.0. The first kappa shape index (κ1) is 12.8. The van der Waals surface area contributed by atoms with Crippen molar-refractivity contribution in [3.8, 4) is 0 Å². The van der Waals surface area contributed by atoms with Crippen molar-refractivity contribution < 1.29 is 0 Å². The van der Waals surface area contributed by atoms with Gasteiger partial charge in [-0.2, -0.15) is 0 Å². The van der Waals surface area contributed by atoms with E-state index in [1.54, 1.807) is 0 Å². The van der Waals surface area contributed by atoms with E-state index >= 15 is 0 Å². The Kier molecular flexibility index (Phi) is 4.10. The van der Waals surface area contributed by atoms with Gasteiger partial charge < -0.3 is 9.88 Å². The van der Waals surface area contributed by atoms with Gasteiger partial charge in [-0.15, -0.1) is 0 Å². The van der Waals surface area contributed by atoms with E-state index in [1.807, 2.05) is 37.1 Å². The molecule has 0 radical (unpaired) electrons. The summed E-state index contributed by atoms with van der Waals surface area (Å²) in [4.78, 5) is 8.24. The molecule has 2 aromatic rings. The lowest BCUT2D eigenvalue weighted by Gasteiger charge is -2.16. The van der Waals surface area contributed by atoms with Gasteiger partial charge in [0.15, 0.2) is 0 Å². The van der Waals surface area contributed by atoms with E-state index in [0.29, 0.717) is 12.1 Å². The standard InChI is InChI=1S/C14H20N4/c1-11(2)18-10-16-8-14(18)9-17-12(3)13-4-6-15-7-5-13/h4-8,10-12,17H,9H2,1-3H3/t12-/m0/s1. The van der Waals surface area contributed by atoms with Crippen molar-refractivity contribution in [3.63, 3.8) is 0 Å². The van der Waals surface area contributed by atoms with Crippen LogP contribution >= 0.6 is 0 Å². The van der Waals surface area contributed by atoms with Gasteiger partial charge in [0.2, 0.25) is 0 Å². The van der Waals surface area contributed by atoms with Gasteiger partial charge >= 0.3 is 0 Å². The van der Waals surface area contributed by atoms with Gasteiger partial charge in [-0.1, -0.05) is 0 Å². The van der Waals surface area contributed by atoms with E-state index in [4.69, 9.17) is 0 Å². The van der Waals surface area contributed by atoms with Crippen molar-refractivity contribution in [2.45, 2.75) is 39.4 Å². The van der Waals surface area contributed by atoms with Gasteiger partial charge in [0.05, 0.1) is 12.0 Å². The summed E-state index contributed by atoms with van der Waals surface area (Å²) in [7, 11) is 0. The van der Waals surface area contributed by atoms with Crippen LogP contribution in [0.5, 0.6) is 0 Å². The first-order valence-electron chi connectivity index (χ1n) is 6.32. The predicted octanol–water partition coefficient (Wildman–Crippen LogP) is 2.71. The number of nitrogens with zero attached hydrogens (tertiary/aromatic N) is 3. The molecule has 0 unspecified atom stereocenters. The van der Waals surface area contributed by atoms with Crippen molar-refractivity contribution in [1.82, 2.24) is 19.9 Å². The lowest BCUT2D eigenvalue weighted by molar-refractivity contribution is 0.518. The van der Waals surface area contributed by atoms with Crippen LogP contribution in [0.3, 0.4) is 0 Å². The molecular formula is C14H20N4. The second-order valence-corrected chi connectivity index (χ2v) is 4.77. The highest BCUT2D eigenvalue weighted by Gasteiger charge is 2.08. The Hall–Kier alpha value is -1.68. The fraction of sp³-hybridized carbons (Fsp3) is 0.429. The zero-order valence-electron chi connectivity index (χ0n) is 11.2. The Morgan fingerprint density at radius 1 is 1.17 bits per heavy atom. The molecule has 0 saturated heterocycles. The Labute approximate surface area is 108 Å². The summed E-state index contributed by atoms with van der Waals surface area (Å²) >= 11 is 0. The summed E-state index contributed by atoms with van der Waals surface area (Å²) in [5.41, 5.74) is 2.46. The summed E-state index contributed by atoms with van der Waals surface area (Å²) in [5, 5.41) is 3.51. The summed E-state index contributed by atoms with van der Waals surface area (Å²) in [6, 6.07) is 4.83. The van der Waals surface area contributed by atoms with Crippen molar-refractivity contribution in [2.75, 3.05) is 0 Å². The maximum absolute atomic E-state index is 4.21. The molecule has 0 aliphatic carbocycles. The second kappa shape index (κ2) is 5.78. The van der Waals surface area contributed by atoms with Crippen LogP contribution in [0.2, 0.25) is 0 Å². The minimum Gasteiger partial charge on any atom is -0.331 e. The van der Waals surface area contributed by atoms with Crippen LogP contribution in [0.4, 0.5) is 0 Å². The third kappa shape index (κ3) is 2.96. The van der Waals surface area contributed by atoms with Crippen LogP contribution in [-0.2, 0) is 6.54 Å². The number of aromatic nitrogens is 3. The third-order valence-electron chi connectivity index (χ3n) is 3.10. The number of imidazole rings is 1. The molecule has 2 rings (SSSR count). The number of rotatable bonds is 5. The number of hydrogen-bond acceptors (Lipinski definition) is 3. The maximum Gasteiger partial charge on any atom is 0.0951 e. The van der Waals surface area contributed by atoms with Crippen molar-refractivity contribution in [2.24, 2.45) is 0 Å². The first-order chi connectivity index (χ1) is 8.68. The molecule has 0 aliphatic rings. The highest BCUT2D eigenvalue weighted by Crippen LogP contribution is 2.13. The molecule has 18 heavy (non-hydrogen) atoms. The van der Waals surface area contributed by atoms with Crippen LogP contribution < -0.4 is 5.32 Å². The lowest BCUT2D eigenvalue weighted by atomic mass is 10.1. The van der Waals surface area contributed by atoms with Crippen LogP contribution in [0.1, 0.15) is 44.1 Å². The summed E-state index contributed by atoms with van der Waals surface area (Å²) in [5.74, 6) is 0. The SMILES string of the molecule is CC(C)n1cncc1CN[C@@H](C)c1ccncc1. The normalized spacial score (nSPS) is 12.9. The lowest BCUT2D eigenvalue weighted by Crippen LogP contribution is -2.20. The van der Waals surface area contributed by atoms with E-state index in [-0.39, 0.29) is 0 Å². The zero-order valence-corrected chi connectivity index (χ0v) is 11.2. The molecule has 0 aliphatic heterocycles. The molecule has 0 bridgehead atoms. The molecule has 1 atom stereocenters. The smallest absolute Gasteiger partial charge is 0.0951 e. The van der Waals surface area contributed by atoms with Crippen molar-refractivity contribution in [3.05, 3.63) is 48.3 Å². The van der Waals surface area contributed by atoms with Gasteiger partial charge in [0.1, 0.15) is 0 Å². The fourth-order valence-electron chi connectivity index (χ4n) is 1.96. The fourth-order valence-corrected chi connectivity index (χ4v) is 1.96. The van der Waals surface area contributed by atoms with Crippen molar-refractivity contribution in [1.29, 1.82) is 0 Å². The average molecular weight is 244 g/mol. The van der Waals surface area contributed by atoms with E-state index in [0.717, 1.165) is 6.54 Å². The van der Waals surface area contributed by atoms with E-state index in [1.165, 1.54) is 11.3 Å². The molecule has 0 aromatic carbocycles. The average Bonchev–Trinajstić information content (AvgIpc) is 2.85. The molecule has 4 heteroatoms. The Morgan fingerprint density at radius 2 is 1.89 bits per heavy atom.